The van der Waals surface area contributed by atoms with Crippen molar-refractivity contribution in [2.75, 3.05) is 12.0 Å². The van der Waals surface area contributed by atoms with E-state index >= 15 is 0 Å². The van der Waals surface area contributed by atoms with Crippen LogP contribution in [0.2, 0.25) is 0 Å². The zero-order chi connectivity index (χ0) is 15.7. The van der Waals surface area contributed by atoms with Crippen LogP contribution in [-0.2, 0) is 14.3 Å². The van der Waals surface area contributed by atoms with Gasteiger partial charge >= 0.3 is 5.97 Å². The highest BCUT2D eigenvalue weighted by molar-refractivity contribution is 7.10. The Balaban J connectivity index is 1.91. The minimum atomic E-state index is -0.752. The zero-order valence-corrected chi connectivity index (χ0v) is 13.0. The Morgan fingerprint density at radius 3 is 2.50 bits per heavy atom. The van der Waals surface area contributed by atoms with Crippen molar-refractivity contribution >= 4 is 28.9 Å². The molecular weight excluding hydrogens is 302 g/mol. The number of carbonyl (C=O) groups is 2. The Morgan fingerprint density at radius 1 is 1.23 bits per heavy atom. The summed E-state index contributed by atoms with van der Waals surface area (Å²) in [6, 6.07) is 10.8. The molecule has 2 heterocycles. The lowest BCUT2D eigenvalue weighted by Gasteiger charge is -2.45. The number of β-lactam (4-membered cyclic amide) rings is 1. The summed E-state index contributed by atoms with van der Waals surface area (Å²) >= 11 is 1.54. The van der Waals surface area contributed by atoms with E-state index < -0.39 is 12.1 Å². The summed E-state index contributed by atoms with van der Waals surface area (Å²) in [6.45, 7) is 1.31. The number of carbonyl (C=O) groups excluding carboxylic acids is 2. The number of nitrogens with zero attached hydrogens (tertiary/aromatic N) is 1. The summed E-state index contributed by atoms with van der Waals surface area (Å²) < 4.78 is 10.3. The molecule has 3 rings (SSSR count). The first kappa shape index (κ1) is 14.6. The number of hydrogen-bond acceptors (Lipinski definition) is 5. The van der Waals surface area contributed by atoms with E-state index in [1.54, 1.807) is 24.1 Å². The fourth-order valence-electron chi connectivity index (χ4n) is 2.52. The molecule has 0 radical (unpaired) electrons. The molecule has 1 fully saturated rings. The Hall–Kier alpha value is -2.34. The molecule has 1 aliphatic heterocycles. The van der Waals surface area contributed by atoms with Crippen LogP contribution in [0.1, 0.15) is 17.8 Å². The normalized spacial score (nSPS) is 20.5. The molecule has 1 saturated heterocycles. The minimum Gasteiger partial charge on any atom is -0.497 e. The molecule has 5 nitrogen and oxygen atoms in total. The third kappa shape index (κ3) is 2.46. The topological polar surface area (TPSA) is 55.8 Å². The number of thiophene rings is 1. The maximum atomic E-state index is 12.4. The molecule has 2 unspecified atom stereocenters. The number of esters is 1. The van der Waals surface area contributed by atoms with Crippen molar-refractivity contribution in [3.63, 3.8) is 0 Å². The number of methoxy groups -OCH3 is 1. The maximum Gasteiger partial charge on any atom is 0.303 e. The van der Waals surface area contributed by atoms with Crippen molar-refractivity contribution in [2.24, 2.45) is 0 Å². The largest absolute Gasteiger partial charge is 0.497 e. The third-order valence-electron chi connectivity index (χ3n) is 3.52. The van der Waals surface area contributed by atoms with Crippen molar-refractivity contribution in [3.05, 3.63) is 46.7 Å². The van der Waals surface area contributed by atoms with Crippen LogP contribution in [0.25, 0.3) is 0 Å². The smallest absolute Gasteiger partial charge is 0.303 e. The summed E-state index contributed by atoms with van der Waals surface area (Å²) in [4.78, 5) is 26.2. The van der Waals surface area contributed by atoms with Crippen LogP contribution in [0.15, 0.2) is 41.8 Å². The predicted octanol–water partition coefficient (Wildman–Crippen LogP) is 2.78. The van der Waals surface area contributed by atoms with Crippen molar-refractivity contribution < 1.29 is 19.1 Å². The third-order valence-corrected chi connectivity index (χ3v) is 4.47. The Labute approximate surface area is 132 Å². The van der Waals surface area contributed by atoms with Gasteiger partial charge in [-0.25, -0.2) is 0 Å². The summed E-state index contributed by atoms with van der Waals surface area (Å²) in [6.07, 6.45) is -0.752. The summed E-state index contributed by atoms with van der Waals surface area (Å²) in [7, 11) is 1.59. The van der Waals surface area contributed by atoms with E-state index in [0.717, 1.165) is 16.3 Å². The van der Waals surface area contributed by atoms with Crippen LogP contribution >= 0.6 is 11.3 Å². The number of ether oxygens (including phenoxy) is 2. The van der Waals surface area contributed by atoms with E-state index in [1.807, 2.05) is 29.6 Å². The fourth-order valence-corrected chi connectivity index (χ4v) is 3.36. The van der Waals surface area contributed by atoms with Gasteiger partial charge in [-0.05, 0) is 35.7 Å². The van der Waals surface area contributed by atoms with Crippen LogP contribution in [0.4, 0.5) is 5.69 Å². The highest BCUT2D eigenvalue weighted by atomic mass is 32.1. The highest BCUT2D eigenvalue weighted by Gasteiger charge is 2.51. The first-order valence-electron chi connectivity index (χ1n) is 6.79. The molecule has 0 bridgehead atoms. The van der Waals surface area contributed by atoms with E-state index in [9.17, 15) is 9.59 Å². The Bertz CT molecular complexity index is 681. The van der Waals surface area contributed by atoms with E-state index in [1.165, 1.54) is 18.3 Å². The molecule has 2 atom stereocenters. The van der Waals surface area contributed by atoms with Crippen LogP contribution in [-0.4, -0.2) is 25.1 Å². The quantitative estimate of drug-likeness (QED) is 0.643. The minimum absolute atomic E-state index is 0.209. The van der Waals surface area contributed by atoms with Gasteiger partial charge in [0.2, 0.25) is 6.10 Å². The molecule has 1 aromatic heterocycles. The van der Waals surface area contributed by atoms with E-state index in [-0.39, 0.29) is 11.9 Å². The molecule has 1 aromatic carbocycles. The summed E-state index contributed by atoms with van der Waals surface area (Å²) in [5.41, 5.74) is 0.757. The predicted molar refractivity (Wildman–Crippen MR) is 83.1 cm³/mol. The number of rotatable bonds is 4. The summed E-state index contributed by atoms with van der Waals surface area (Å²) in [5.74, 6) is 0.0639. The van der Waals surface area contributed by atoms with Crippen LogP contribution in [0, 0.1) is 0 Å². The van der Waals surface area contributed by atoms with Gasteiger partial charge in [-0.3, -0.25) is 14.5 Å². The second kappa shape index (κ2) is 5.81. The average Bonchev–Trinajstić information content (AvgIpc) is 3.03. The van der Waals surface area contributed by atoms with Gasteiger partial charge in [0.05, 0.1) is 7.11 Å². The number of benzene rings is 1. The van der Waals surface area contributed by atoms with Crippen LogP contribution in [0.5, 0.6) is 5.75 Å². The van der Waals surface area contributed by atoms with Crippen molar-refractivity contribution in [1.29, 1.82) is 0 Å². The molecule has 6 heteroatoms. The zero-order valence-electron chi connectivity index (χ0n) is 12.2. The monoisotopic (exact) mass is 317 g/mol. The molecule has 0 aliphatic carbocycles. The first-order chi connectivity index (χ1) is 10.6. The first-order valence-corrected chi connectivity index (χ1v) is 7.67. The SMILES string of the molecule is COc1ccc(N2C(=O)C(OC(C)=O)C2c2cccs2)cc1. The fraction of sp³-hybridized carbons (Fsp3) is 0.250. The summed E-state index contributed by atoms with van der Waals surface area (Å²) in [5, 5.41) is 1.94. The Kier molecular flexibility index (Phi) is 3.85. The average molecular weight is 317 g/mol. The standard InChI is InChI=1S/C16H15NO4S/c1-10(18)21-15-14(13-4-3-9-22-13)17(16(15)19)11-5-7-12(20-2)8-6-11/h3-9,14-15H,1-2H3. The molecular formula is C16H15NO4S. The lowest BCUT2D eigenvalue weighted by atomic mass is 9.95. The molecule has 22 heavy (non-hydrogen) atoms. The number of anilines is 1. The lowest BCUT2D eigenvalue weighted by molar-refractivity contribution is -0.160. The second-order valence-electron chi connectivity index (χ2n) is 4.90. The van der Waals surface area contributed by atoms with Gasteiger partial charge in [-0.1, -0.05) is 6.07 Å². The van der Waals surface area contributed by atoms with Crippen molar-refractivity contribution in [2.45, 2.75) is 19.1 Å². The molecule has 0 spiro atoms. The van der Waals surface area contributed by atoms with E-state index in [0.29, 0.717) is 0 Å². The van der Waals surface area contributed by atoms with Gasteiger partial charge in [0.1, 0.15) is 11.8 Å². The highest BCUT2D eigenvalue weighted by Crippen LogP contribution is 2.42. The molecule has 1 aliphatic rings. The van der Waals surface area contributed by atoms with Crippen LogP contribution < -0.4 is 9.64 Å². The lowest BCUT2D eigenvalue weighted by Crippen LogP contribution is -2.60. The van der Waals surface area contributed by atoms with E-state index in [4.69, 9.17) is 9.47 Å². The molecule has 2 aromatic rings. The molecule has 0 N–H and O–H groups in total. The number of hydrogen-bond donors (Lipinski definition) is 0. The van der Waals surface area contributed by atoms with Crippen molar-refractivity contribution in [1.82, 2.24) is 0 Å². The molecule has 114 valence electrons. The van der Waals surface area contributed by atoms with Crippen molar-refractivity contribution in [3.8, 4) is 5.75 Å². The molecule has 0 saturated carbocycles. The van der Waals surface area contributed by atoms with Gasteiger partial charge in [0.15, 0.2) is 0 Å². The Morgan fingerprint density at radius 2 is 1.95 bits per heavy atom. The van der Waals surface area contributed by atoms with Gasteiger partial charge in [-0.2, -0.15) is 0 Å². The number of amides is 1. The maximum absolute atomic E-state index is 12.4. The van der Waals surface area contributed by atoms with Gasteiger partial charge in [0.25, 0.3) is 5.91 Å². The van der Waals surface area contributed by atoms with E-state index in [2.05, 4.69) is 0 Å². The second-order valence-corrected chi connectivity index (χ2v) is 5.88. The van der Waals surface area contributed by atoms with Gasteiger partial charge < -0.3 is 9.47 Å². The van der Waals surface area contributed by atoms with Crippen LogP contribution in [0.3, 0.4) is 0 Å². The van der Waals surface area contributed by atoms with Gasteiger partial charge in [0, 0.05) is 17.5 Å². The van der Waals surface area contributed by atoms with Gasteiger partial charge in [-0.15, -0.1) is 11.3 Å². The molecule has 1 amide bonds.